The summed E-state index contributed by atoms with van der Waals surface area (Å²) in [6, 6.07) is 4.44. The summed E-state index contributed by atoms with van der Waals surface area (Å²) in [6.07, 6.45) is 2.89. The first-order valence-electron chi connectivity index (χ1n) is 5.22. The minimum absolute atomic E-state index is 0.0462. The number of carbonyl (C=O) groups is 2. The number of pyridine rings is 1. The lowest BCUT2D eigenvalue weighted by Crippen LogP contribution is -2.12. The van der Waals surface area contributed by atoms with E-state index in [0.717, 1.165) is 0 Å². The molecule has 1 aromatic rings. The summed E-state index contributed by atoms with van der Waals surface area (Å²) in [5.41, 5.74) is 0.0924. The van der Waals surface area contributed by atoms with Gasteiger partial charge in [0, 0.05) is 0 Å². The molecule has 0 N–H and O–H groups in total. The standard InChI is InChI=1S/C13H13NO4/c1-3-8-17-12(15)10-6-5-7-11(14-10)13(16)18-9-4-2/h3-7H,1-2,8-9H2. The summed E-state index contributed by atoms with van der Waals surface area (Å²) in [5.74, 6) is -1.23. The predicted molar refractivity (Wildman–Crippen MR) is 65.2 cm³/mol. The van der Waals surface area contributed by atoms with E-state index in [1.54, 1.807) is 0 Å². The van der Waals surface area contributed by atoms with Crippen molar-refractivity contribution in [3.63, 3.8) is 0 Å². The van der Waals surface area contributed by atoms with Gasteiger partial charge < -0.3 is 9.47 Å². The van der Waals surface area contributed by atoms with Crippen molar-refractivity contribution >= 4 is 11.9 Å². The SMILES string of the molecule is C=CCOC(=O)c1cccc(C(=O)OCC=C)n1. The van der Waals surface area contributed by atoms with Gasteiger partial charge in [0.25, 0.3) is 0 Å². The fourth-order valence-electron chi connectivity index (χ4n) is 1.08. The highest BCUT2D eigenvalue weighted by molar-refractivity contribution is 5.91. The first-order valence-corrected chi connectivity index (χ1v) is 5.22. The lowest BCUT2D eigenvalue weighted by Gasteiger charge is -2.04. The fourth-order valence-corrected chi connectivity index (χ4v) is 1.08. The molecule has 5 heteroatoms. The molecule has 0 bridgehead atoms. The van der Waals surface area contributed by atoms with Crippen LogP contribution in [0.15, 0.2) is 43.5 Å². The monoisotopic (exact) mass is 247 g/mol. The van der Waals surface area contributed by atoms with Gasteiger partial charge in [0.1, 0.15) is 24.6 Å². The Balaban J connectivity index is 2.78. The molecule has 0 aliphatic rings. The lowest BCUT2D eigenvalue weighted by atomic mass is 10.3. The minimum atomic E-state index is -0.617. The van der Waals surface area contributed by atoms with E-state index in [9.17, 15) is 9.59 Å². The van der Waals surface area contributed by atoms with Gasteiger partial charge in [-0.05, 0) is 12.1 Å². The van der Waals surface area contributed by atoms with Crippen molar-refractivity contribution in [3.8, 4) is 0 Å². The van der Waals surface area contributed by atoms with Crippen LogP contribution in [-0.4, -0.2) is 30.1 Å². The summed E-state index contributed by atoms with van der Waals surface area (Å²) in [6.45, 7) is 7.03. The largest absolute Gasteiger partial charge is 0.457 e. The Hall–Kier alpha value is -2.43. The molecule has 1 aromatic heterocycles. The number of nitrogens with zero attached hydrogens (tertiary/aromatic N) is 1. The second-order valence-electron chi connectivity index (χ2n) is 3.18. The number of ether oxygens (including phenoxy) is 2. The van der Waals surface area contributed by atoms with Crippen LogP contribution in [0.3, 0.4) is 0 Å². The third kappa shape index (κ3) is 3.86. The van der Waals surface area contributed by atoms with Gasteiger partial charge in [0.15, 0.2) is 0 Å². The zero-order valence-electron chi connectivity index (χ0n) is 9.80. The molecule has 0 fully saturated rings. The Morgan fingerprint density at radius 3 is 1.89 bits per heavy atom. The predicted octanol–water partition coefficient (Wildman–Crippen LogP) is 1.77. The first kappa shape index (κ1) is 13.6. The average Bonchev–Trinajstić information content (AvgIpc) is 2.42. The van der Waals surface area contributed by atoms with E-state index in [4.69, 9.17) is 9.47 Å². The highest BCUT2D eigenvalue weighted by atomic mass is 16.5. The third-order valence-corrected chi connectivity index (χ3v) is 1.83. The molecular formula is C13H13NO4. The van der Waals surface area contributed by atoms with E-state index in [0.29, 0.717) is 0 Å². The van der Waals surface area contributed by atoms with Crippen molar-refractivity contribution in [2.24, 2.45) is 0 Å². The molecule has 0 aromatic carbocycles. The van der Waals surface area contributed by atoms with E-state index in [1.807, 2.05) is 0 Å². The molecule has 0 saturated heterocycles. The maximum absolute atomic E-state index is 11.5. The fraction of sp³-hybridized carbons (Fsp3) is 0.154. The van der Waals surface area contributed by atoms with Crippen molar-refractivity contribution in [1.29, 1.82) is 0 Å². The Morgan fingerprint density at radius 2 is 1.50 bits per heavy atom. The van der Waals surface area contributed by atoms with Crippen LogP contribution < -0.4 is 0 Å². The molecule has 0 spiro atoms. The number of hydrogen-bond donors (Lipinski definition) is 0. The van der Waals surface area contributed by atoms with E-state index in [-0.39, 0.29) is 24.6 Å². The van der Waals surface area contributed by atoms with Crippen LogP contribution in [-0.2, 0) is 9.47 Å². The minimum Gasteiger partial charge on any atom is -0.457 e. The molecule has 0 aliphatic heterocycles. The Labute approximate surface area is 105 Å². The highest BCUT2D eigenvalue weighted by Gasteiger charge is 2.13. The van der Waals surface area contributed by atoms with Gasteiger partial charge in [0.2, 0.25) is 0 Å². The molecule has 18 heavy (non-hydrogen) atoms. The highest BCUT2D eigenvalue weighted by Crippen LogP contribution is 2.03. The van der Waals surface area contributed by atoms with Crippen molar-refractivity contribution < 1.29 is 19.1 Å². The van der Waals surface area contributed by atoms with Gasteiger partial charge in [-0.2, -0.15) is 0 Å². The van der Waals surface area contributed by atoms with Gasteiger partial charge >= 0.3 is 11.9 Å². The molecular weight excluding hydrogens is 234 g/mol. The molecule has 0 amide bonds. The van der Waals surface area contributed by atoms with Crippen molar-refractivity contribution in [3.05, 3.63) is 54.9 Å². The summed E-state index contributed by atoms with van der Waals surface area (Å²) < 4.78 is 9.61. The van der Waals surface area contributed by atoms with Crippen LogP contribution in [0.2, 0.25) is 0 Å². The molecule has 0 atom stereocenters. The number of rotatable bonds is 6. The smallest absolute Gasteiger partial charge is 0.357 e. The molecule has 5 nitrogen and oxygen atoms in total. The van der Waals surface area contributed by atoms with Gasteiger partial charge in [-0.25, -0.2) is 14.6 Å². The Kier molecular flexibility index (Phi) is 5.31. The molecule has 0 unspecified atom stereocenters. The van der Waals surface area contributed by atoms with Gasteiger partial charge in [-0.3, -0.25) is 0 Å². The van der Waals surface area contributed by atoms with Crippen LogP contribution in [0, 0.1) is 0 Å². The van der Waals surface area contributed by atoms with Crippen molar-refractivity contribution in [2.75, 3.05) is 13.2 Å². The summed E-state index contributed by atoms with van der Waals surface area (Å²) in [7, 11) is 0. The molecule has 94 valence electrons. The Bertz CT molecular complexity index is 429. The maximum Gasteiger partial charge on any atom is 0.357 e. The molecule has 1 rings (SSSR count). The van der Waals surface area contributed by atoms with E-state index >= 15 is 0 Å². The van der Waals surface area contributed by atoms with E-state index in [1.165, 1.54) is 30.4 Å². The van der Waals surface area contributed by atoms with Gasteiger partial charge in [0.05, 0.1) is 0 Å². The quantitative estimate of drug-likeness (QED) is 0.566. The van der Waals surface area contributed by atoms with Crippen molar-refractivity contribution in [2.45, 2.75) is 0 Å². The van der Waals surface area contributed by atoms with Crippen LogP contribution in [0.25, 0.3) is 0 Å². The normalized spacial score (nSPS) is 9.33. The number of carbonyl (C=O) groups excluding carboxylic acids is 2. The molecule has 0 aliphatic carbocycles. The van der Waals surface area contributed by atoms with E-state index < -0.39 is 11.9 Å². The maximum atomic E-state index is 11.5. The molecule has 1 heterocycles. The second kappa shape index (κ2) is 7.01. The van der Waals surface area contributed by atoms with Gasteiger partial charge in [-0.15, -0.1) is 0 Å². The Morgan fingerprint density at radius 1 is 1.06 bits per heavy atom. The number of esters is 2. The number of aromatic nitrogens is 1. The summed E-state index contributed by atoms with van der Waals surface area (Å²) in [5, 5.41) is 0. The van der Waals surface area contributed by atoms with Crippen LogP contribution >= 0.6 is 0 Å². The van der Waals surface area contributed by atoms with Crippen LogP contribution in [0.1, 0.15) is 21.0 Å². The lowest BCUT2D eigenvalue weighted by molar-refractivity contribution is 0.0534. The topological polar surface area (TPSA) is 65.5 Å². The number of hydrogen-bond acceptors (Lipinski definition) is 5. The zero-order valence-corrected chi connectivity index (χ0v) is 9.80. The third-order valence-electron chi connectivity index (χ3n) is 1.83. The summed E-state index contributed by atoms with van der Waals surface area (Å²) in [4.78, 5) is 26.8. The average molecular weight is 247 g/mol. The van der Waals surface area contributed by atoms with Gasteiger partial charge in [-0.1, -0.05) is 31.4 Å². The zero-order chi connectivity index (χ0) is 13.4. The van der Waals surface area contributed by atoms with Crippen LogP contribution in [0.4, 0.5) is 0 Å². The summed E-state index contributed by atoms with van der Waals surface area (Å²) >= 11 is 0. The van der Waals surface area contributed by atoms with E-state index in [2.05, 4.69) is 18.1 Å². The first-order chi connectivity index (χ1) is 8.69. The molecule has 0 saturated carbocycles. The van der Waals surface area contributed by atoms with Crippen molar-refractivity contribution in [1.82, 2.24) is 4.98 Å². The molecule has 0 radical (unpaired) electrons. The van der Waals surface area contributed by atoms with Crippen LogP contribution in [0.5, 0.6) is 0 Å². The second-order valence-corrected chi connectivity index (χ2v) is 3.18.